The van der Waals surface area contributed by atoms with Crippen LogP contribution in [0.4, 0.5) is 0 Å². The van der Waals surface area contributed by atoms with E-state index in [9.17, 15) is 9.59 Å². The van der Waals surface area contributed by atoms with Crippen molar-refractivity contribution in [1.29, 1.82) is 0 Å². The number of carboxylic acids is 1. The number of carboxylic acid groups (broad SMARTS) is 1. The summed E-state index contributed by atoms with van der Waals surface area (Å²) in [5.41, 5.74) is -1.16. The van der Waals surface area contributed by atoms with Crippen LogP contribution in [-0.2, 0) is 9.59 Å². The number of carbonyl (C=O) groups is 2. The van der Waals surface area contributed by atoms with Gasteiger partial charge in [0, 0.05) is 6.42 Å². The molecule has 76 valence electrons. The van der Waals surface area contributed by atoms with Crippen molar-refractivity contribution in [2.24, 2.45) is 0 Å². The van der Waals surface area contributed by atoms with Crippen molar-refractivity contribution >= 4 is 11.9 Å². The van der Waals surface area contributed by atoms with Crippen LogP contribution in [-0.4, -0.2) is 22.5 Å². The van der Waals surface area contributed by atoms with Crippen LogP contribution < -0.4 is 5.32 Å². The molecule has 0 fully saturated rings. The molecule has 0 rings (SSSR count). The summed E-state index contributed by atoms with van der Waals surface area (Å²) in [4.78, 5) is 21.8. The maximum atomic E-state index is 11.1. The van der Waals surface area contributed by atoms with E-state index in [0.29, 0.717) is 6.42 Å². The van der Waals surface area contributed by atoms with Crippen molar-refractivity contribution < 1.29 is 14.7 Å². The summed E-state index contributed by atoms with van der Waals surface area (Å²) in [6, 6.07) is 0. The molecular weight excluding hydrogens is 170 g/mol. The molecule has 4 heteroatoms. The molecule has 1 amide bonds. The number of aliphatic carboxylic acids is 1. The van der Waals surface area contributed by atoms with Crippen molar-refractivity contribution in [3.63, 3.8) is 0 Å². The van der Waals surface area contributed by atoms with Gasteiger partial charge in [-0.2, -0.15) is 0 Å². The minimum atomic E-state index is -1.16. The van der Waals surface area contributed by atoms with Gasteiger partial charge in [0.15, 0.2) is 0 Å². The molecule has 0 aliphatic heterocycles. The summed E-state index contributed by atoms with van der Waals surface area (Å²) < 4.78 is 0. The minimum Gasteiger partial charge on any atom is -0.480 e. The molecule has 0 radical (unpaired) electrons. The molecule has 13 heavy (non-hydrogen) atoms. The topological polar surface area (TPSA) is 66.4 Å². The van der Waals surface area contributed by atoms with Gasteiger partial charge in [-0.1, -0.05) is 13.3 Å². The number of unbranched alkanes of at least 4 members (excludes halogenated alkanes) is 1. The largest absolute Gasteiger partial charge is 0.480 e. The van der Waals surface area contributed by atoms with E-state index in [1.807, 2.05) is 6.92 Å². The van der Waals surface area contributed by atoms with E-state index in [1.54, 1.807) is 0 Å². The zero-order valence-corrected chi connectivity index (χ0v) is 8.39. The maximum absolute atomic E-state index is 11.1. The van der Waals surface area contributed by atoms with Crippen LogP contribution in [0.5, 0.6) is 0 Å². The molecule has 2 N–H and O–H groups in total. The first-order valence-electron chi connectivity index (χ1n) is 4.44. The summed E-state index contributed by atoms with van der Waals surface area (Å²) in [6.45, 7) is 4.92. The van der Waals surface area contributed by atoms with Crippen molar-refractivity contribution in [3.8, 4) is 0 Å². The second-order valence-electron chi connectivity index (χ2n) is 3.58. The van der Waals surface area contributed by atoms with E-state index < -0.39 is 11.5 Å². The van der Waals surface area contributed by atoms with E-state index >= 15 is 0 Å². The Hall–Kier alpha value is -1.06. The lowest BCUT2D eigenvalue weighted by molar-refractivity contribution is -0.146. The molecule has 0 atom stereocenters. The number of amides is 1. The van der Waals surface area contributed by atoms with Crippen LogP contribution in [0.1, 0.15) is 40.0 Å². The van der Waals surface area contributed by atoms with E-state index in [0.717, 1.165) is 12.8 Å². The molecule has 4 nitrogen and oxygen atoms in total. The number of hydrogen-bond donors (Lipinski definition) is 2. The monoisotopic (exact) mass is 187 g/mol. The SMILES string of the molecule is CCCCC(=O)NC(C)(C)C(=O)O. The molecular formula is C9H17NO3. The van der Waals surface area contributed by atoms with Crippen LogP contribution in [0.2, 0.25) is 0 Å². The Labute approximate surface area is 78.3 Å². The van der Waals surface area contributed by atoms with Crippen molar-refractivity contribution in [2.45, 2.75) is 45.6 Å². The average Bonchev–Trinajstić information content (AvgIpc) is 1.99. The van der Waals surface area contributed by atoms with Gasteiger partial charge in [-0.05, 0) is 20.3 Å². The lowest BCUT2D eigenvalue weighted by atomic mass is 10.1. The van der Waals surface area contributed by atoms with E-state index in [4.69, 9.17) is 5.11 Å². The molecule has 0 heterocycles. The minimum absolute atomic E-state index is 0.200. The van der Waals surface area contributed by atoms with Crippen molar-refractivity contribution in [2.75, 3.05) is 0 Å². The smallest absolute Gasteiger partial charge is 0.328 e. The van der Waals surface area contributed by atoms with Gasteiger partial charge in [0.05, 0.1) is 0 Å². The lowest BCUT2D eigenvalue weighted by Crippen LogP contribution is -2.49. The Morgan fingerprint density at radius 1 is 1.38 bits per heavy atom. The van der Waals surface area contributed by atoms with Crippen LogP contribution in [0.25, 0.3) is 0 Å². The molecule has 0 spiro atoms. The first-order valence-corrected chi connectivity index (χ1v) is 4.44. The van der Waals surface area contributed by atoms with E-state index in [2.05, 4.69) is 5.32 Å². The zero-order chi connectivity index (χ0) is 10.5. The number of carbonyl (C=O) groups excluding carboxylic acids is 1. The van der Waals surface area contributed by atoms with Crippen LogP contribution in [0, 0.1) is 0 Å². The summed E-state index contributed by atoms with van der Waals surface area (Å²) in [5.74, 6) is -1.22. The Kier molecular flexibility index (Phi) is 4.45. The first kappa shape index (κ1) is 11.9. The number of hydrogen-bond acceptors (Lipinski definition) is 2. The van der Waals surface area contributed by atoms with E-state index in [1.165, 1.54) is 13.8 Å². The fourth-order valence-corrected chi connectivity index (χ4v) is 0.802. The second-order valence-corrected chi connectivity index (χ2v) is 3.58. The third-order valence-electron chi connectivity index (χ3n) is 1.74. The molecule has 0 bridgehead atoms. The average molecular weight is 187 g/mol. The third-order valence-corrected chi connectivity index (χ3v) is 1.74. The third kappa shape index (κ3) is 4.50. The summed E-state index contributed by atoms with van der Waals surface area (Å²) in [6.07, 6.45) is 2.12. The predicted octanol–water partition coefficient (Wildman–Crippen LogP) is 1.16. The zero-order valence-electron chi connectivity index (χ0n) is 8.39. The van der Waals surface area contributed by atoms with Crippen LogP contribution >= 0.6 is 0 Å². The standard InChI is InChI=1S/C9H17NO3/c1-4-5-6-7(11)10-9(2,3)8(12)13/h4-6H2,1-3H3,(H,10,11)(H,12,13). The quantitative estimate of drug-likeness (QED) is 0.678. The molecule has 0 aromatic carbocycles. The van der Waals surface area contributed by atoms with E-state index in [-0.39, 0.29) is 5.91 Å². The Balaban J connectivity index is 3.97. The predicted molar refractivity (Wildman–Crippen MR) is 49.4 cm³/mol. The maximum Gasteiger partial charge on any atom is 0.328 e. The van der Waals surface area contributed by atoms with Gasteiger partial charge in [0.2, 0.25) is 5.91 Å². The lowest BCUT2D eigenvalue weighted by Gasteiger charge is -2.20. The van der Waals surface area contributed by atoms with Gasteiger partial charge in [0.25, 0.3) is 0 Å². The highest BCUT2D eigenvalue weighted by Crippen LogP contribution is 2.03. The van der Waals surface area contributed by atoms with Crippen molar-refractivity contribution in [1.82, 2.24) is 5.32 Å². The second kappa shape index (κ2) is 4.84. The van der Waals surface area contributed by atoms with Crippen molar-refractivity contribution in [3.05, 3.63) is 0 Å². The van der Waals surface area contributed by atoms with Gasteiger partial charge >= 0.3 is 5.97 Å². The molecule has 0 aliphatic carbocycles. The summed E-state index contributed by atoms with van der Waals surface area (Å²) in [7, 11) is 0. The molecule has 0 saturated carbocycles. The van der Waals surface area contributed by atoms with Gasteiger partial charge < -0.3 is 10.4 Å². The van der Waals surface area contributed by atoms with Gasteiger partial charge in [-0.25, -0.2) is 4.79 Å². The molecule has 0 aromatic heterocycles. The van der Waals surface area contributed by atoms with Gasteiger partial charge in [-0.3, -0.25) is 4.79 Å². The van der Waals surface area contributed by atoms with Gasteiger partial charge in [0.1, 0.15) is 5.54 Å². The van der Waals surface area contributed by atoms with Crippen LogP contribution in [0.15, 0.2) is 0 Å². The fourth-order valence-electron chi connectivity index (χ4n) is 0.802. The van der Waals surface area contributed by atoms with Gasteiger partial charge in [-0.15, -0.1) is 0 Å². The highest BCUT2D eigenvalue weighted by atomic mass is 16.4. The fraction of sp³-hybridized carbons (Fsp3) is 0.778. The van der Waals surface area contributed by atoms with Crippen LogP contribution in [0.3, 0.4) is 0 Å². The number of nitrogens with one attached hydrogen (secondary N) is 1. The number of rotatable bonds is 5. The summed E-state index contributed by atoms with van der Waals surface area (Å²) in [5, 5.41) is 11.2. The molecule has 0 aliphatic rings. The highest BCUT2D eigenvalue weighted by Gasteiger charge is 2.28. The highest BCUT2D eigenvalue weighted by molar-refractivity contribution is 5.86. The summed E-state index contributed by atoms with van der Waals surface area (Å²) >= 11 is 0. The molecule has 0 unspecified atom stereocenters. The molecule has 0 aromatic rings. The Morgan fingerprint density at radius 2 is 1.92 bits per heavy atom. The Morgan fingerprint density at radius 3 is 2.31 bits per heavy atom. The normalized spacial score (nSPS) is 11.0. The molecule has 0 saturated heterocycles. The Bertz CT molecular complexity index is 199. The first-order chi connectivity index (χ1) is 5.90.